The lowest BCUT2D eigenvalue weighted by Gasteiger charge is -2.20. The van der Waals surface area contributed by atoms with Crippen molar-refractivity contribution in [2.75, 3.05) is 26.2 Å². The molecule has 0 aliphatic carbocycles. The summed E-state index contributed by atoms with van der Waals surface area (Å²) in [7, 11) is 0. The second kappa shape index (κ2) is 8.03. The van der Waals surface area contributed by atoms with Crippen molar-refractivity contribution in [3.63, 3.8) is 0 Å². The van der Waals surface area contributed by atoms with Crippen molar-refractivity contribution < 1.29 is 10.2 Å². The van der Waals surface area contributed by atoms with E-state index in [-0.39, 0.29) is 6.61 Å². The van der Waals surface area contributed by atoms with E-state index in [0.29, 0.717) is 6.54 Å². The lowest BCUT2D eigenvalue weighted by Crippen LogP contribution is -2.31. The van der Waals surface area contributed by atoms with Gasteiger partial charge in [-0.2, -0.15) is 0 Å². The van der Waals surface area contributed by atoms with Gasteiger partial charge in [-0.25, -0.2) is 0 Å². The average Bonchev–Trinajstić information content (AvgIpc) is 2.43. The highest BCUT2D eigenvalue weighted by atomic mass is 16.3. The number of likely N-dealkylation sites (N-methyl/N-ethyl adjacent to an activating group) is 1. The van der Waals surface area contributed by atoms with E-state index in [0.717, 1.165) is 24.2 Å². The van der Waals surface area contributed by atoms with E-state index >= 15 is 0 Å². The third-order valence-electron chi connectivity index (χ3n) is 3.05. The molecule has 0 aliphatic heterocycles. The van der Waals surface area contributed by atoms with Gasteiger partial charge in [0, 0.05) is 6.54 Å². The van der Waals surface area contributed by atoms with Gasteiger partial charge in [0.2, 0.25) is 0 Å². The lowest BCUT2D eigenvalue weighted by molar-refractivity contribution is 0.154. The summed E-state index contributed by atoms with van der Waals surface area (Å²) < 4.78 is 0. The van der Waals surface area contributed by atoms with Crippen LogP contribution in [0.5, 0.6) is 0 Å². The summed E-state index contributed by atoms with van der Waals surface area (Å²) in [6, 6.07) is 9.66. The van der Waals surface area contributed by atoms with Gasteiger partial charge >= 0.3 is 0 Å². The fourth-order valence-corrected chi connectivity index (χ4v) is 1.92. The van der Waals surface area contributed by atoms with E-state index < -0.39 is 6.10 Å². The Hall–Kier alpha value is -1.16. The number of hydrogen-bond acceptors (Lipinski definition) is 3. The van der Waals surface area contributed by atoms with E-state index in [1.165, 1.54) is 0 Å². The van der Waals surface area contributed by atoms with Gasteiger partial charge in [-0.05, 0) is 30.3 Å². The largest absolute Gasteiger partial charge is 0.392 e. The first-order valence-electron chi connectivity index (χ1n) is 6.48. The van der Waals surface area contributed by atoms with E-state index in [1.54, 1.807) is 6.08 Å². The molecule has 2 N–H and O–H groups in total. The number of nitrogens with zero attached hydrogens (tertiary/aromatic N) is 1. The van der Waals surface area contributed by atoms with E-state index in [2.05, 4.69) is 18.7 Å². The summed E-state index contributed by atoms with van der Waals surface area (Å²) in [6.07, 6.45) is 1.19. The second-order valence-corrected chi connectivity index (χ2v) is 4.27. The molecule has 0 saturated heterocycles. The maximum absolute atomic E-state index is 10.0. The van der Waals surface area contributed by atoms with Crippen LogP contribution >= 0.6 is 0 Å². The first-order chi connectivity index (χ1) is 8.71. The molecule has 3 nitrogen and oxygen atoms in total. The van der Waals surface area contributed by atoms with Gasteiger partial charge in [-0.1, -0.05) is 44.2 Å². The molecule has 1 aromatic carbocycles. The van der Waals surface area contributed by atoms with Crippen molar-refractivity contribution >= 4 is 5.57 Å². The molecule has 0 bridgehead atoms. The molecular weight excluding hydrogens is 226 g/mol. The van der Waals surface area contributed by atoms with Gasteiger partial charge in [0.1, 0.15) is 0 Å². The highest BCUT2D eigenvalue weighted by molar-refractivity contribution is 5.66. The third-order valence-corrected chi connectivity index (χ3v) is 3.05. The van der Waals surface area contributed by atoms with Crippen LogP contribution in [0.2, 0.25) is 0 Å². The van der Waals surface area contributed by atoms with Crippen LogP contribution in [-0.4, -0.2) is 47.5 Å². The molecule has 0 aliphatic rings. The zero-order valence-corrected chi connectivity index (χ0v) is 11.2. The molecule has 0 amide bonds. The Labute approximate surface area is 109 Å². The molecule has 0 fully saturated rings. The molecule has 0 heterocycles. The first kappa shape index (κ1) is 14.9. The van der Waals surface area contributed by atoms with Gasteiger partial charge in [-0.3, -0.25) is 0 Å². The summed E-state index contributed by atoms with van der Waals surface area (Å²) in [4.78, 5) is 2.15. The summed E-state index contributed by atoms with van der Waals surface area (Å²) in [5.74, 6) is 0. The Kier molecular flexibility index (Phi) is 6.65. The van der Waals surface area contributed by atoms with Crippen LogP contribution in [0.3, 0.4) is 0 Å². The zero-order chi connectivity index (χ0) is 13.4. The zero-order valence-electron chi connectivity index (χ0n) is 11.2. The van der Waals surface area contributed by atoms with Crippen molar-refractivity contribution in [2.45, 2.75) is 20.0 Å². The van der Waals surface area contributed by atoms with Crippen LogP contribution in [0.1, 0.15) is 19.4 Å². The molecule has 100 valence electrons. The predicted octanol–water partition coefficient (Wildman–Crippen LogP) is 1.76. The number of rotatable bonds is 7. The SMILES string of the molecule is CCN(CC)C[C@@H](O)/C=C(\CO)c1ccccc1. The monoisotopic (exact) mass is 249 g/mol. The molecule has 0 spiro atoms. The summed E-state index contributed by atoms with van der Waals surface area (Å²) >= 11 is 0. The summed E-state index contributed by atoms with van der Waals surface area (Å²) in [6.45, 7) is 6.53. The Bertz CT molecular complexity index is 358. The Morgan fingerprint density at radius 1 is 1.22 bits per heavy atom. The highest BCUT2D eigenvalue weighted by Crippen LogP contribution is 2.14. The minimum Gasteiger partial charge on any atom is -0.392 e. The van der Waals surface area contributed by atoms with Crippen LogP contribution < -0.4 is 0 Å². The molecular formula is C15H23NO2. The van der Waals surface area contributed by atoms with E-state index in [1.807, 2.05) is 30.3 Å². The first-order valence-corrected chi connectivity index (χ1v) is 6.48. The fourth-order valence-electron chi connectivity index (χ4n) is 1.92. The molecule has 0 aromatic heterocycles. The molecule has 0 saturated carbocycles. The number of aliphatic hydroxyl groups excluding tert-OH is 2. The Morgan fingerprint density at radius 2 is 1.83 bits per heavy atom. The third kappa shape index (κ3) is 4.61. The second-order valence-electron chi connectivity index (χ2n) is 4.27. The summed E-state index contributed by atoms with van der Waals surface area (Å²) in [5.41, 5.74) is 1.73. The van der Waals surface area contributed by atoms with Gasteiger partial charge in [0.15, 0.2) is 0 Å². The van der Waals surface area contributed by atoms with Crippen LogP contribution in [0.25, 0.3) is 5.57 Å². The van der Waals surface area contributed by atoms with Gasteiger partial charge in [-0.15, -0.1) is 0 Å². The molecule has 1 atom stereocenters. The quantitative estimate of drug-likeness (QED) is 0.774. The minimum atomic E-state index is -0.549. The van der Waals surface area contributed by atoms with Crippen molar-refractivity contribution in [2.24, 2.45) is 0 Å². The topological polar surface area (TPSA) is 43.7 Å². The normalized spacial score (nSPS) is 13.9. The predicted molar refractivity (Wildman–Crippen MR) is 75.3 cm³/mol. The number of hydrogen-bond donors (Lipinski definition) is 2. The van der Waals surface area contributed by atoms with Gasteiger partial charge in [0.05, 0.1) is 12.7 Å². The summed E-state index contributed by atoms with van der Waals surface area (Å²) in [5, 5.41) is 19.4. The lowest BCUT2D eigenvalue weighted by atomic mass is 10.0. The van der Waals surface area contributed by atoms with Gasteiger partial charge in [0.25, 0.3) is 0 Å². The van der Waals surface area contributed by atoms with Crippen molar-refractivity contribution in [1.82, 2.24) is 4.90 Å². The van der Waals surface area contributed by atoms with Crippen molar-refractivity contribution in [3.05, 3.63) is 42.0 Å². The van der Waals surface area contributed by atoms with Crippen LogP contribution in [0.4, 0.5) is 0 Å². The van der Waals surface area contributed by atoms with Crippen LogP contribution in [0, 0.1) is 0 Å². The standard InChI is InChI=1S/C15H23NO2/c1-3-16(4-2)11-15(18)10-14(12-17)13-8-6-5-7-9-13/h5-10,15,17-18H,3-4,11-12H2,1-2H3/b14-10+/t15-/m0/s1. The van der Waals surface area contributed by atoms with Gasteiger partial charge < -0.3 is 15.1 Å². The Morgan fingerprint density at radius 3 is 2.33 bits per heavy atom. The number of aliphatic hydroxyl groups is 2. The smallest absolute Gasteiger partial charge is 0.0854 e. The molecule has 0 radical (unpaired) electrons. The minimum absolute atomic E-state index is 0.0562. The number of benzene rings is 1. The van der Waals surface area contributed by atoms with E-state index in [9.17, 15) is 10.2 Å². The Balaban J connectivity index is 2.73. The molecule has 0 unspecified atom stereocenters. The fraction of sp³-hybridized carbons (Fsp3) is 0.467. The molecule has 3 heteroatoms. The van der Waals surface area contributed by atoms with Crippen LogP contribution in [-0.2, 0) is 0 Å². The molecule has 1 aromatic rings. The van der Waals surface area contributed by atoms with E-state index in [4.69, 9.17) is 0 Å². The van der Waals surface area contributed by atoms with Crippen molar-refractivity contribution in [3.8, 4) is 0 Å². The average molecular weight is 249 g/mol. The molecule has 18 heavy (non-hydrogen) atoms. The maximum Gasteiger partial charge on any atom is 0.0854 e. The maximum atomic E-state index is 10.0. The molecule has 1 rings (SSSR count). The van der Waals surface area contributed by atoms with Crippen LogP contribution in [0.15, 0.2) is 36.4 Å². The van der Waals surface area contributed by atoms with Crippen molar-refractivity contribution in [1.29, 1.82) is 0 Å². The highest BCUT2D eigenvalue weighted by Gasteiger charge is 2.08.